The summed E-state index contributed by atoms with van der Waals surface area (Å²) in [5.74, 6) is -1.31. The van der Waals surface area contributed by atoms with E-state index in [2.05, 4.69) is 8.75 Å². The van der Waals surface area contributed by atoms with Crippen LogP contribution in [0.3, 0.4) is 0 Å². The minimum absolute atomic E-state index is 0.0134. The van der Waals surface area contributed by atoms with Crippen molar-refractivity contribution < 1.29 is 19.4 Å². The van der Waals surface area contributed by atoms with E-state index in [1.165, 1.54) is 12.3 Å². The summed E-state index contributed by atoms with van der Waals surface area (Å²) in [6.07, 6.45) is 0.429. The zero-order chi connectivity index (χ0) is 15.1. The summed E-state index contributed by atoms with van der Waals surface area (Å²) in [6.45, 7) is 0. The number of aromatic nitrogens is 2. The standard InChI is InChI=1S/C12H6Cl2N2O4S/c13-8-5(10(17)6-3-15-21-16-6)1-4-2-7(12(18)19)20-11(4)9(8)14/h1,3,7H,2H2,(H,18,19). The van der Waals surface area contributed by atoms with Crippen LogP contribution in [-0.2, 0) is 11.2 Å². The lowest BCUT2D eigenvalue weighted by atomic mass is 10.0. The van der Waals surface area contributed by atoms with E-state index in [-0.39, 0.29) is 33.5 Å². The number of fused-ring (bicyclic) bond motifs is 1. The molecule has 3 rings (SSSR count). The molecule has 0 spiro atoms. The van der Waals surface area contributed by atoms with Crippen molar-refractivity contribution in [3.05, 3.63) is 39.1 Å². The lowest BCUT2D eigenvalue weighted by molar-refractivity contribution is -0.144. The highest BCUT2D eigenvalue weighted by molar-refractivity contribution is 6.99. The van der Waals surface area contributed by atoms with Crippen molar-refractivity contribution in [2.75, 3.05) is 0 Å². The van der Waals surface area contributed by atoms with Gasteiger partial charge in [-0.2, -0.15) is 8.75 Å². The van der Waals surface area contributed by atoms with Crippen LogP contribution in [0.5, 0.6) is 5.75 Å². The number of benzene rings is 1. The van der Waals surface area contributed by atoms with Crippen molar-refractivity contribution in [1.82, 2.24) is 8.75 Å². The van der Waals surface area contributed by atoms with E-state index in [9.17, 15) is 9.59 Å². The third-order valence-electron chi connectivity index (χ3n) is 3.02. The number of carboxylic acid groups (broad SMARTS) is 1. The van der Waals surface area contributed by atoms with Gasteiger partial charge in [0.25, 0.3) is 0 Å². The number of halogens is 2. The zero-order valence-corrected chi connectivity index (χ0v) is 12.5. The summed E-state index contributed by atoms with van der Waals surface area (Å²) in [4.78, 5) is 23.3. The van der Waals surface area contributed by atoms with Crippen LogP contribution in [0.15, 0.2) is 12.3 Å². The topological polar surface area (TPSA) is 89.4 Å². The van der Waals surface area contributed by atoms with Crippen molar-refractivity contribution in [1.29, 1.82) is 0 Å². The average Bonchev–Trinajstić information content (AvgIpc) is 3.10. The van der Waals surface area contributed by atoms with Crippen LogP contribution in [0.2, 0.25) is 10.0 Å². The van der Waals surface area contributed by atoms with Gasteiger partial charge in [0.2, 0.25) is 5.78 Å². The molecule has 0 saturated carbocycles. The summed E-state index contributed by atoms with van der Waals surface area (Å²) in [6, 6.07) is 1.49. The molecule has 1 aliphatic rings. The SMILES string of the molecule is O=C(c1cnsn1)c1cc2c(c(Cl)c1Cl)OC(C(=O)O)C2. The van der Waals surface area contributed by atoms with Crippen LogP contribution in [0, 0.1) is 0 Å². The number of carboxylic acids is 1. The summed E-state index contributed by atoms with van der Waals surface area (Å²) in [5, 5.41) is 9.03. The van der Waals surface area contributed by atoms with Crippen molar-refractivity contribution in [2.45, 2.75) is 12.5 Å². The van der Waals surface area contributed by atoms with Gasteiger partial charge in [-0.1, -0.05) is 23.2 Å². The molecule has 9 heteroatoms. The number of ketones is 1. The molecule has 0 bridgehead atoms. The molecule has 1 N–H and O–H groups in total. The molecule has 6 nitrogen and oxygen atoms in total. The molecule has 0 aliphatic carbocycles. The van der Waals surface area contributed by atoms with E-state index in [4.69, 9.17) is 33.0 Å². The Hall–Kier alpha value is -1.70. The Labute approximate surface area is 132 Å². The summed E-state index contributed by atoms with van der Waals surface area (Å²) in [7, 11) is 0. The molecule has 1 aromatic heterocycles. The minimum atomic E-state index is -1.10. The van der Waals surface area contributed by atoms with E-state index < -0.39 is 17.9 Å². The smallest absolute Gasteiger partial charge is 0.345 e. The average molecular weight is 345 g/mol. The highest BCUT2D eigenvalue weighted by Crippen LogP contribution is 2.42. The van der Waals surface area contributed by atoms with Crippen LogP contribution in [0.4, 0.5) is 0 Å². The molecule has 21 heavy (non-hydrogen) atoms. The summed E-state index contributed by atoms with van der Waals surface area (Å²) in [5.41, 5.74) is 0.845. The predicted octanol–water partition coefficient (Wildman–Crippen LogP) is 2.46. The van der Waals surface area contributed by atoms with Crippen molar-refractivity contribution in [3.63, 3.8) is 0 Å². The molecule has 1 atom stereocenters. The van der Waals surface area contributed by atoms with Gasteiger partial charge in [-0.05, 0) is 6.07 Å². The zero-order valence-electron chi connectivity index (χ0n) is 10.2. The quantitative estimate of drug-likeness (QED) is 0.860. The van der Waals surface area contributed by atoms with Gasteiger partial charge in [0.1, 0.15) is 16.5 Å². The Balaban J connectivity index is 2.06. The van der Waals surface area contributed by atoms with E-state index in [1.807, 2.05) is 0 Å². The molecular formula is C12H6Cl2N2O4S. The lowest BCUT2D eigenvalue weighted by Gasteiger charge is -2.09. The van der Waals surface area contributed by atoms with Crippen LogP contribution < -0.4 is 4.74 Å². The summed E-state index contributed by atoms with van der Waals surface area (Å²) < 4.78 is 12.9. The Morgan fingerprint density at radius 3 is 2.76 bits per heavy atom. The first-order chi connectivity index (χ1) is 9.99. The van der Waals surface area contributed by atoms with Crippen LogP contribution in [-0.4, -0.2) is 31.7 Å². The lowest BCUT2D eigenvalue weighted by Crippen LogP contribution is -2.24. The maximum atomic E-state index is 12.3. The van der Waals surface area contributed by atoms with E-state index in [0.29, 0.717) is 5.56 Å². The highest BCUT2D eigenvalue weighted by atomic mass is 35.5. The van der Waals surface area contributed by atoms with Crippen molar-refractivity contribution in [2.24, 2.45) is 0 Å². The van der Waals surface area contributed by atoms with E-state index in [1.54, 1.807) is 0 Å². The van der Waals surface area contributed by atoms with Gasteiger partial charge in [0.15, 0.2) is 6.10 Å². The first-order valence-electron chi connectivity index (χ1n) is 5.71. The maximum Gasteiger partial charge on any atom is 0.345 e. The first-order valence-corrected chi connectivity index (χ1v) is 7.20. The second-order valence-corrected chi connectivity index (χ2v) is 5.62. The number of aliphatic carboxylic acids is 1. The predicted molar refractivity (Wildman–Crippen MR) is 75.6 cm³/mol. The van der Waals surface area contributed by atoms with E-state index in [0.717, 1.165) is 11.7 Å². The van der Waals surface area contributed by atoms with Gasteiger partial charge >= 0.3 is 5.97 Å². The molecule has 0 fully saturated rings. The first kappa shape index (κ1) is 14.2. The number of carbonyl (C=O) groups excluding carboxylic acids is 1. The number of hydrogen-bond acceptors (Lipinski definition) is 6. The molecular weight excluding hydrogens is 339 g/mol. The van der Waals surface area contributed by atoms with Gasteiger partial charge in [-0.25, -0.2) is 4.79 Å². The van der Waals surface area contributed by atoms with Gasteiger partial charge < -0.3 is 9.84 Å². The van der Waals surface area contributed by atoms with Gasteiger partial charge in [0.05, 0.1) is 22.9 Å². The van der Waals surface area contributed by atoms with Gasteiger partial charge in [-0.3, -0.25) is 4.79 Å². The summed E-state index contributed by atoms with van der Waals surface area (Å²) >= 11 is 13.1. The fourth-order valence-corrected chi connectivity index (χ4v) is 2.94. The maximum absolute atomic E-state index is 12.3. The van der Waals surface area contributed by atoms with Crippen molar-refractivity contribution >= 4 is 46.7 Å². The van der Waals surface area contributed by atoms with Gasteiger partial charge in [-0.15, -0.1) is 0 Å². The number of rotatable bonds is 3. The van der Waals surface area contributed by atoms with Crippen molar-refractivity contribution in [3.8, 4) is 5.75 Å². The molecule has 0 saturated heterocycles. The molecule has 2 aromatic rings. The Bertz CT molecular complexity index is 748. The second kappa shape index (κ2) is 5.25. The van der Waals surface area contributed by atoms with Crippen LogP contribution in [0.25, 0.3) is 0 Å². The molecule has 1 aromatic carbocycles. The molecule has 0 radical (unpaired) electrons. The molecule has 2 heterocycles. The third-order valence-corrected chi connectivity index (χ3v) is 4.35. The van der Waals surface area contributed by atoms with Crippen LogP contribution in [0.1, 0.15) is 21.6 Å². The van der Waals surface area contributed by atoms with Crippen LogP contribution >= 0.6 is 34.9 Å². The number of nitrogens with zero attached hydrogens (tertiary/aromatic N) is 2. The minimum Gasteiger partial charge on any atom is -0.478 e. The van der Waals surface area contributed by atoms with E-state index >= 15 is 0 Å². The fraction of sp³-hybridized carbons (Fsp3) is 0.167. The third kappa shape index (κ3) is 2.37. The monoisotopic (exact) mass is 344 g/mol. The highest BCUT2D eigenvalue weighted by Gasteiger charge is 2.33. The molecule has 0 amide bonds. The van der Waals surface area contributed by atoms with Gasteiger partial charge in [0, 0.05) is 17.5 Å². The molecule has 1 unspecified atom stereocenters. The largest absolute Gasteiger partial charge is 0.478 e. The Morgan fingerprint density at radius 1 is 1.38 bits per heavy atom. The fourth-order valence-electron chi connectivity index (χ4n) is 2.03. The number of carbonyl (C=O) groups is 2. The Morgan fingerprint density at radius 2 is 2.14 bits per heavy atom. The number of ether oxygens (including phenoxy) is 1. The second-order valence-electron chi connectivity index (χ2n) is 4.31. The molecule has 1 aliphatic heterocycles. The number of hydrogen-bond donors (Lipinski definition) is 1. The normalized spacial score (nSPS) is 16.4. The molecule has 108 valence electrons. The Kier molecular flexibility index (Phi) is 3.56.